The molecule has 0 N–H and O–H groups in total. The minimum absolute atomic E-state index is 0.144. The van der Waals surface area contributed by atoms with Gasteiger partial charge in [0, 0.05) is 13.1 Å². The first-order chi connectivity index (χ1) is 14.1. The Kier molecular flexibility index (Phi) is 6.05. The van der Waals surface area contributed by atoms with E-state index in [1.165, 1.54) is 17.3 Å². The molecule has 2 aromatic rings. The first kappa shape index (κ1) is 19.8. The molecule has 29 heavy (non-hydrogen) atoms. The number of amidine groups is 1. The van der Waals surface area contributed by atoms with Crippen LogP contribution < -0.4 is 4.74 Å². The van der Waals surface area contributed by atoms with Gasteiger partial charge in [0.25, 0.3) is 5.91 Å². The van der Waals surface area contributed by atoms with Crippen LogP contribution >= 0.6 is 11.8 Å². The number of hydrogen-bond donors (Lipinski definition) is 0. The average molecular weight is 407 g/mol. The maximum Gasteiger partial charge on any atom is 0.286 e. The SMILES string of the molecule is Cc1ccc(COc2cccc(/C=C3\SC(N4CCC(C)CC4)=NC3=O)c2)cc1. The van der Waals surface area contributed by atoms with Crippen LogP contribution in [-0.4, -0.2) is 29.1 Å². The molecule has 2 heterocycles. The largest absolute Gasteiger partial charge is 0.489 e. The molecule has 0 unspecified atom stereocenters. The summed E-state index contributed by atoms with van der Waals surface area (Å²) in [5, 5.41) is 0.847. The zero-order valence-electron chi connectivity index (χ0n) is 16.9. The summed E-state index contributed by atoms with van der Waals surface area (Å²) in [4.78, 5) is 19.6. The Bertz CT molecular complexity index is 942. The van der Waals surface area contributed by atoms with E-state index < -0.39 is 0 Å². The predicted molar refractivity (Wildman–Crippen MR) is 120 cm³/mol. The van der Waals surface area contributed by atoms with Crippen molar-refractivity contribution >= 4 is 28.9 Å². The van der Waals surface area contributed by atoms with Gasteiger partial charge in [-0.25, -0.2) is 0 Å². The van der Waals surface area contributed by atoms with Gasteiger partial charge in [-0.2, -0.15) is 4.99 Å². The number of aryl methyl sites for hydroxylation is 1. The summed E-state index contributed by atoms with van der Waals surface area (Å²) >= 11 is 1.49. The van der Waals surface area contributed by atoms with Crippen molar-refractivity contribution in [3.05, 3.63) is 70.1 Å². The molecule has 0 radical (unpaired) electrons. The molecule has 0 bridgehead atoms. The summed E-state index contributed by atoms with van der Waals surface area (Å²) in [6.45, 7) is 6.84. The van der Waals surface area contributed by atoms with Crippen molar-refractivity contribution in [3.63, 3.8) is 0 Å². The Morgan fingerprint density at radius 2 is 1.93 bits per heavy atom. The maximum absolute atomic E-state index is 12.4. The van der Waals surface area contributed by atoms with E-state index in [2.05, 4.69) is 48.0 Å². The van der Waals surface area contributed by atoms with Gasteiger partial charge in [0.15, 0.2) is 5.17 Å². The summed E-state index contributed by atoms with van der Waals surface area (Å²) in [6, 6.07) is 16.2. The second-order valence-corrected chi connectivity index (χ2v) is 8.84. The van der Waals surface area contributed by atoms with Crippen LogP contribution in [0, 0.1) is 12.8 Å². The summed E-state index contributed by atoms with van der Waals surface area (Å²) < 4.78 is 5.93. The van der Waals surface area contributed by atoms with Gasteiger partial charge in [-0.15, -0.1) is 0 Å². The number of benzene rings is 2. The highest BCUT2D eigenvalue weighted by Crippen LogP contribution is 2.32. The van der Waals surface area contributed by atoms with E-state index >= 15 is 0 Å². The van der Waals surface area contributed by atoms with E-state index in [0.717, 1.165) is 53.9 Å². The molecule has 4 rings (SSSR count). The molecule has 1 fully saturated rings. The minimum Gasteiger partial charge on any atom is -0.489 e. The molecule has 0 aliphatic carbocycles. The Labute approximate surface area is 176 Å². The maximum atomic E-state index is 12.4. The molecule has 2 aliphatic heterocycles. The third-order valence-corrected chi connectivity index (χ3v) is 6.39. The fourth-order valence-electron chi connectivity index (χ4n) is 3.43. The first-order valence-electron chi connectivity index (χ1n) is 10.1. The monoisotopic (exact) mass is 406 g/mol. The lowest BCUT2D eigenvalue weighted by Crippen LogP contribution is -2.35. The van der Waals surface area contributed by atoms with Crippen molar-refractivity contribution in [1.82, 2.24) is 4.90 Å². The molecule has 1 saturated heterocycles. The smallest absolute Gasteiger partial charge is 0.286 e. The number of hydrogen-bond acceptors (Lipinski definition) is 4. The molecule has 0 atom stereocenters. The van der Waals surface area contributed by atoms with Crippen molar-refractivity contribution in [2.24, 2.45) is 10.9 Å². The van der Waals surface area contributed by atoms with Crippen LogP contribution in [0.25, 0.3) is 6.08 Å². The summed E-state index contributed by atoms with van der Waals surface area (Å²) in [6.07, 6.45) is 4.23. The third-order valence-electron chi connectivity index (χ3n) is 5.35. The lowest BCUT2D eigenvalue weighted by Gasteiger charge is -2.30. The van der Waals surface area contributed by atoms with Gasteiger partial charge >= 0.3 is 0 Å². The predicted octanol–water partition coefficient (Wildman–Crippen LogP) is 5.28. The summed E-state index contributed by atoms with van der Waals surface area (Å²) in [7, 11) is 0. The van der Waals surface area contributed by atoms with Gasteiger partial charge in [-0.05, 0) is 66.8 Å². The highest BCUT2D eigenvalue weighted by molar-refractivity contribution is 8.18. The zero-order chi connectivity index (χ0) is 20.2. The molecule has 2 aliphatic rings. The normalized spacial score (nSPS) is 19.0. The standard InChI is InChI=1S/C24H26N2O2S/c1-17-6-8-19(9-7-17)16-28-21-5-3-4-20(14-21)15-22-23(27)25-24(29-22)26-12-10-18(2)11-13-26/h3-9,14-15,18H,10-13,16H2,1-2H3/b22-15-. The lowest BCUT2D eigenvalue weighted by molar-refractivity contribution is -0.113. The van der Waals surface area contributed by atoms with Gasteiger partial charge in [0.1, 0.15) is 12.4 Å². The number of likely N-dealkylation sites (tertiary alicyclic amines) is 1. The second kappa shape index (κ2) is 8.87. The number of piperidine rings is 1. The zero-order valence-corrected chi connectivity index (χ0v) is 17.7. The number of rotatable bonds is 4. The number of amides is 1. The van der Waals surface area contributed by atoms with E-state index in [4.69, 9.17) is 4.74 Å². The van der Waals surface area contributed by atoms with Gasteiger partial charge in [-0.1, -0.05) is 48.9 Å². The molecule has 150 valence electrons. The van der Waals surface area contributed by atoms with Crippen LogP contribution in [0.2, 0.25) is 0 Å². The van der Waals surface area contributed by atoms with Crippen LogP contribution in [0.3, 0.4) is 0 Å². The highest BCUT2D eigenvalue weighted by atomic mass is 32.2. The molecule has 4 nitrogen and oxygen atoms in total. The highest BCUT2D eigenvalue weighted by Gasteiger charge is 2.28. The number of thioether (sulfide) groups is 1. The van der Waals surface area contributed by atoms with Gasteiger partial charge < -0.3 is 9.64 Å². The fraction of sp³-hybridized carbons (Fsp3) is 0.333. The molecule has 0 saturated carbocycles. The Morgan fingerprint density at radius 1 is 1.17 bits per heavy atom. The van der Waals surface area contributed by atoms with E-state index in [1.54, 1.807) is 0 Å². The fourth-order valence-corrected chi connectivity index (χ4v) is 4.39. The topological polar surface area (TPSA) is 41.9 Å². The van der Waals surface area contributed by atoms with Crippen LogP contribution in [-0.2, 0) is 11.4 Å². The first-order valence-corrected chi connectivity index (χ1v) is 10.9. The lowest BCUT2D eigenvalue weighted by atomic mass is 10.00. The van der Waals surface area contributed by atoms with Crippen LogP contribution in [0.5, 0.6) is 5.75 Å². The Hall–Kier alpha value is -2.53. The van der Waals surface area contributed by atoms with Crippen molar-refractivity contribution in [2.45, 2.75) is 33.3 Å². The Balaban J connectivity index is 1.40. The van der Waals surface area contributed by atoms with E-state index in [0.29, 0.717) is 11.5 Å². The van der Waals surface area contributed by atoms with Crippen molar-refractivity contribution in [3.8, 4) is 5.75 Å². The molecular formula is C24H26N2O2S. The second-order valence-electron chi connectivity index (χ2n) is 7.83. The summed E-state index contributed by atoms with van der Waals surface area (Å²) in [5.41, 5.74) is 3.32. The number of nitrogens with zero attached hydrogens (tertiary/aromatic N) is 2. The number of aliphatic imine (C=N–C) groups is 1. The van der Waals surface area contributed by atoms with E-state index in [1.807, 2.05) is 30.3 Å². The van der Waals surface area contributed by atoms with Crippen molar-refractivity contribution < 1.29 is 9.53 Å². The van der Waals surface area contributed by atoms with E-state index in [-0.39, 0.29) is 5.91 Å². The quantitative estimate of drug-likeness (QED) is 0.648. The van der Waals surface area contributed by atoms with E-state index in [9.17, 15) is 4.79 Å². The van der Waals surface area contributed by atoms with Crippen LogP contribution in [0.4, 0.5) is 0 Å². The van der Waals surface area contributed by atoms with Crippen LogP contribution in [0.15, 0.2) is 58.4 Å². The Morgan fingerprint density at radius 3 is 2.69 bits per heavy atom. The van der Waals surface area contributed by atoms with Crippen molar-refractivity contribution in [2.75, 3.05) is 13.1 Å². The van der Waals surface area contributed by atoms with Crippen molar-refractivity contribution in [1.29, 1.82) is 0 Å². The molecule has 0 spiro atoms. The average Bonchev–Trinajstić information content (AvgIpc) is 3.09. The number of carbonyl (C=O) groups is 1. The summed E-state index contributed by atoms with van der Waals surface area (Å²) in [5.74, 6) is 1.41. The van der Waals surface area contributed by atoms with Gasteiger partial charge in [-0.3, -0.25) is 4.79 Å². The molecule has 1 amide bonds. The molecule has 0 aromatic heterocycles. The number of ether oxygens (including phenoxy) is 1. The van der Waals surface area contributed by atoms with Crippen LogP contribution in [0.1, 0.15) is 36.5 Å². The third kappa shape index (κ3) is 5.10. The molecule has 5 heteroatoms. The molecular weight excluding hydrogens is 380 g/mol. The number of carbonyl (C=O) groups excluding carboxylic acids is 1. The van der Waals surface area contributed by atoms with Gasteiger partial charge in [0.2, 0.25) is 0 Å². The molecule has 2 aromatic carbocycles. The van der Waals surface area contributed by atoms with Gasteiger partial charge in [0.05, 0.1) is 4.91 Å². The minimum atomic E-state index is -0.144.